The van der Waals surface area contributed by atoms with Crippen molar-refractivity contribution in [3.63, 3.8) is 0 Å². The van der Waals surface area contributed by atoms with E-state index in [0.29, 0.717) is 23.7 Å². The molecule has 0 aromatic heterocycles. The fourth-order valence-electron chi connectivity index (χ4n) is 3.64. The van der Waals surface area contributed by atoms with Crippen molar-refractivity contribution < 1.29 is 28.6 Å². The molecule has 0 saturated carbocycles. The standard InChI is InChI=1S/C27H25NO6S2/c1-3-33-25(29)17-28-26(30)24(36-27(28)31)16-18-11-12-21(22(15-18)32-2)34-13-14-35-23-10-6-8-19-7-4-5-9-20(19)23/h4-12,15-16H,3,13-14,17H2,1-2H3/b24-16-. The van der Waals surface area contributed by atoms with Crippen LogP contribution in [0, 0.1) is 0 Å². The lowest BCUT2D eigenvalue weighted by molar-refractivity contribution is -0.145. The summed E-state index contributed by atoms with van der Waals surface area (Å²) in [5, 5.41) is 1.92. The number of ether oxygens (including phenoxy) is 3. The van der Waals surface area contributed by atoms with E-state index in [1.54, 1.807) is 50.1 Å². The number of carbonyl (C=O) groups is 3. The summed E-state index contributed by atoms with van der Waals surface area (Å²) < 4.78 is 16.3. The van der Waals surface area contributed by atoms with Gasteiger partial charge in [0.05, 0.1) is 25.2 Å². The third-order valence-corrected chi connectivity index (χ3v) is 7.24. The van der Waals surface area contributed by atoms with E-state index < -0.39 is 23.7 Å². The largest absolute Gasteiger partial charge is 0.493 e. The van der Waals surface area contributed by atoms with Crippen LogP contribution in [0.15, 0.2) is 70.5 Å². The Bertz CT molecular complexity index is 1320. The number of imide groups is 1. The van der Waals surface area contributed by atoms with E-state index >= 15 is 0 Å². The van der Waals surface area contributed by atoms with Crippen LogP contribution < -0.4 is 9.47 Å². The maximum atomic E-state index is 12.6. The molecule has 9 heteroatoms. The molecule has 1 aliphatic rings. The predicted octanol–water partition coefficient (Wildman–Crippen LogP) is 5.62. The number of nitrogens with zero attached hydrogens (tertiary/aromatic N) is 1. The summed E-state index contributed by atoms with van der Waals surface area (Å²) in [6, 6.07) is 19.9. The first-order valence-corrected chi connectivity index (χ1v) is 13.1. The van der Waals surface area contributed by atoms with E-state index in [1.807, 2.05) is 12.1 Å². The molecule has 0 N–H and O–H groups in total. The Kier molecular flexibility index (Phi) is 8.56. The van der Waals surface area contributed by atoms with E-state index in [2.05, 4.69) is 30.3 Å². The highest BCUT2D eigenvalue weighted by Gasteiger charge is 2.36. The van der Waals surface area contributed by atoms with Crippen molar-refractivity contribution in [3.8, 4) is 11.5 Å². The van der Waals surface area contributed by atoms with Crippen molar-refractivity contribution in [1.29, 1.82) is 0 Å². The summed E-state index contributed by atoms with van der Waals surface area (Å²) in [7, 11) is 1.55. The monoisotopic (exact) mass is 523 g/mol. The Morgan fingerprint density at radius 2 is 1.86 bits per heavy atom. The van der Waals surface area contributed by atoms with Crippen LogP contribution in [0.5, 0.6) is 11.5 Å². The Morgan fingerprint density at radius 3 is 2.67 bits per heavy atom. The molecule has 1 fully saturated rings. The fourth-order valence-corrected chi connectivity index (χ4v) is 5.38. The van der Waals surface area contributed by atoms with Crippen LogP contribution in [0.3, 0.4) is 0 Å². The number of carbonyl (C=O) groups excluding carboxylic acids is 3. The number of amides is 2. The maximum absolute atomic E-state index is 12.6. The van der Waals surface area contributed by atoms with Gasteiger partial charge in [-0.15, -0.1) is 11.8 Å². The number of esters is 1. The van der Waals surface area contributed by atoms with Gasteiger partial charge in [-0.2, -0.15) is 0 Å². The number of fused-ring (bicyclic) bond motifs is 1. The van der Waals surface area contributed by atoms with Crippen LogP contribution in [0.1, 0.15) is 12.5 Å². The number of hydrogen-bond donors (Lipinski definition) is 0. The zero-order valence-corrected chi connectivity index (χ0v) is 21.5. The first kappa shape index (κ1) is 25.7. The average Bonchev–Trinajstić information content (AvgIpc) is 3.14. The second-order valence-electron chi connectivity index (χ2n) is 7.66. The minimum absolute atomic E-state index is 0.182. The molecule has 0 radical (unpaired) electrons. The molecule has 1 heterocycles. The van der Waals surface area contributed by atoms with E-state index in [9.17, 15) is 14.4 Å². The topological polar surface area (TPSA) is 82.1 Å². The summed E-state index contributed by atoms with van der Waals surface area (Å²) in [6.45, 7) is 1.93. The number of hydrogen-bond acceptors (Lipinski definition) is 8. The molecule has 1 aliphatic heterocycles. The molecule has 1 saturated heterocycles. The average molecular weight is 524 g/mol. The highest BCUT2D eigenvalue weighted by Crippen LogP contribution is 2.35. The highest BCUT2D eigenvalue weighted by atomic mass is 32.2. The third kappa shape index (κ3) is 6.03. The number of methoxy groups -OCH3 is 1. The molecule has 4 rings (SSSR count). The first-order valence-electron chi connectivity index (χ1n) is 11.3. The predicted molar refractivity (Wildman–Crippen MR) is 142 cm³/mol. The summed E-state index contributed by atoms with van der Waals surface area (Å²) in [5.74, 6) is 0.714. The molecule has 3 aromatic rings. The number of thioether (sulfide) groups is 2. The van der Waals surface area contributed by atoms with Gasteiger partial charge < -0.3 is 14.2 Å². The smallest absolute Gasteiger partial charge is 0.326 e. The van der Waals surface area contributed by atoms with E-state index in [1.165, 1.54) is 15.7 Å². The Morgan fingerprint density at radius 1 is 1.06 bits per heavy atom. The Labute approximate surface area is 217 Å². The molecule has 186 valence electrons. The van der Waals surface area contributed by atoms with Gasteiger partial charge in [-0.05, 0) is 59.3 Å². The number of rotatable bonds is 10. The minimum atomic E-state index is -0.622. The summed E-state index contributed by atoms with van der Waals surface area (Å²) in [4.78, 5) is 38.8. The lowest BCUT2D eigenvalue weighted by Gasteiger charge is -2.12. The zero-order valence-electron chi connectivity index (χ0n) is 19.9. The Hall–Kier alpha value is -3.43. The van der Waals surface area contributed by atoms with Crippen molar-refractivity contribution in [2.45, 2.75) is 11.8 Å². The van der Waals surface area contributed by atoms with Crippen LogP contribution in [-0.4, -0.2) is 54.6 Å². The van der Waals surface area contributed by atoms with Gasteiger partial charge in [-0.25, -0.2) is 0 Å². The van der Waals surface area contributed by atoms with Crippen molar-refractivity contribution in [2.24, 2.45) is 0 Å². The lowest BCUT2D eigenvalue weighted by atomic mass is 10.1. The molecule has 0 bridgehead atoms. The van der Waals surface area contributed by atoms with Gasteiger partial charge in [-0.3, -0.25) is 19.3 Å². The quantitative estimate of drug-likeness (QED) is 0.147. The van der Waals surface area contributed by atoms with Gasteiger partial charge in [0.1, 0.15) is 6.54 Å². The molecule has 0 atom stereocenters. The van der Waals surface area contributed by atoms with Gasteiger partial charge >= 0.3 is 5.97 Å². The molecule has 0 aliphatic carbocycles. The first-order chi connectivity index (χ1) is 17.5. The normalized spacial score (nSPS) is 14.5. The van der Waals surface area contributed by atoms with Gasteiger partial charge in [0, 0.05) is 10.6 Å². The molecule has 3 aromatic carbocycles. The fraction of sp³-hybridized carbons (Fsp3) is 0.222. The van der Waals surface area contributed by atoms with E-state index in [4.69, 9.17) is 14.2 Å². The van der Waals surface area contributed by atoms with Crippen molar-refractivity contribution in [2.75, 3.05) is 32.6 Å². The summed E-state index contributed by atoms with van der Waals surface area (Å²) in [5.41, 5.74) is 0.672. The molecule has 7 nitrogen and oxygen atoms in total. The molecular formula is C27H25NO6S2. The number of benzene rings is 3. The third-order valence-electron chi connectivity index (χ3n) is 5.30. The van der Waals surface area contributed by atoms with E-state index in [-0.39, 0.29) is 11.5 Å². The molecule has 0 spiro atoms. The lowest BCUT2D eigenvalue weighted by Crippen LogP contribution is -2.34. The Balaban J connectivity index is 1.38. The van der Waals surface area contributed by atoms with Crippen molar-refractivity contribution in [3.05, 3.63) is 71.1 Å². The van der Waals surface area contributed by atoms with E-state index in [0.717, 1.165) is 22.4 Å². The van der Waals surface area contributed by atoms with Gasteiger partial charge in [0.2, 0.25) is 0 Å². The SMILES string of the molecule is CCOC(=O)CN1C(=O)S/C(=C\c2ccc(OCCSc3cccc4ccccc34)c(OC)c2)C1=O. The van der Waals surface area contributed by atoms with Crippen LogP contribution in [-0.2, 0) is 14.3 Å². The van der Waals surface area contributed by atoms with Gasteiger partial charge in [0.15, 0.2) is 11.5 Å². The summed E-state index contributed by atoms with van der Waals surface area (Å²) in [6.07, 6.45) is 1.60. The zero-order chi connectivity index (χ0) is 25.5. The van der Waals surface area contributed by atoms with Crippen LogP contribution in [0.4, 0.5) is 4.79 Å². The van der Waals surface area contributed by atoms with Crippen molar-refractivity contribution >= 4 is 57.5 Å². The molecule has 0 unspecified atom stereocenters. The van der Waals surface area contributed by atoms with Gasteiger partial charge in [-0.1, -0.05) is 42.5 Å². The minimum Gasteiger partial charge on any atom is -0.493 e. The summed E-state index contributed by atoms with van der Waals surface area (Å²) >= 11 is 2.52. The van der Waals surface area contributed by atoms with Gasteiger partial charge in [0.25, 0.3) is 11.1 Å². The molecular weight excluding hydrogens is 498 g/mol. The second-order valence-corrected chi connectivity index (χ2v) is 9.79. The second kappa shape index (κ2) is 12.0. The molecule has 2 amide bonds. The van der Waals surface area contributed by atoms with Crippen molar-refractivity contribution in [1.82, 2.24) is 4.90 Å². The van der Waals surface area contributed by atoms with Crippen LogP contribution in [0.2, 0.25) is 0 Å². The van der Waals surface area contributed by atoms with Crippen LogP contribution in [0.25, 0.3) is 16.8 Å². The highest BCUT2D eigenvalue weighted by molar-refractivity contribution is 8.18. The van der Waals surface area contributed by atoms with Crippen LogP contribution >= 0.6 is 23.5 Å². The molecule has 36 heavy (non-hydrogen) atoms. The maximum Gasteiger partial charge on any atom is 0.326 e.